The van der Waals surface area contributed by atoms with Gasteiger partial charge in [-0.25, -0.2) is 61.2 Å². The van der Waals surface area contributed by atoms with Gasteiger partial charge in [-0.15, -0.1) is 0 Å². The fourth-order valence-corrected chi connectivity index (χ4v) is 6.55. The number of imidazole rings is 1. The van der Waals surface area contributed by atoms with Gasteiger partial charge in [-0.2, -0.15) is 15.2 Å². The second-order valence-corrected chi connectivity index (χ2v) is 15.3. The van der Waals surface area contributed by atoms with Crippen LogP contribution in [0.1, 0.15) is 25.8 Å². The Hall–Kier alpha value is -7.74. The van der Waals surface area contributed by atoms with Gasteiger partial charge in [0.2, 0.25) is 11.9 Å². The van der Waals surface area contributed by atoms with Crippen LogP contribution in [0.2, 0.25) is 0 Å². The van der Waals surface area contributed by atoms with Gasteiger partial charge in [0.1, 0.15) is 48.1 Å². The first-order chi connectivity index (χ1) is 30.5. The fraction of sp³-hybridized carbons (Fsp3) is 0.289. The van der Waals surface area contributed by atoms with E-state index in [4.69, 9.17) is 25.7 Å². The number of ether oxygens (including phenoxy) is 3. The molecule has 0 aliphatic carbocycles. The number of rotatable bonds is 16. The molecular formula is C38H43F2N15O8S. The Morgan fingerprint density at radius 3 is 2.00 bits per heavy atom. The molecule has 0 unspecified atom stereocenters. The number of carbonyl (C=O) groups is 2. The first-order valence-corrected chi connectivity index (χ1v) is 20.3. The maximum atomic E-state index is 14.1. The standard InChI is InChI=1S/C14H19N5O4.C13H12F2N6O.C11H12N4O3S/c1-9(20)22-6-11(7-23-10(2)21)3-4-19-8-17-12-5-16-14(15)18-13(12)19;14-10-1-2-11(12(15)3-10)13(22,4-20-8-16-6-18-20)5-21-9-17-7-19-21;1-18-9-6-13-11(14-7-9)15-19(16,17)10-4-2-8(12)3-5-10/h5,8,11H,3-4,6-7H2,1-2H3,(H2,15,16,18);1-3,6-9,22H,4-5H2;2-7H,12H2,1H3,(H,13,14,15). The van der Waals surface area contributed by atoms with Crippen molar-refractivity contribution in [2.75, 3.05) is 36.5 Å². The number of hydrogen-bond acceptors (Lipinski definition) is 19. The third-order valence-electron chi connectivity index (χ3n) is 8.69. The van der Waals surface area contributed by atoms with E-state index in [0.717, 1.165) is 12.1 Å². The van der Waals surface area contributed by atoms with Crippen molar-refractivity contribution in [3.05, 3.63) is 110 Å². The van der Waals surface area contributed by atoms with Crippen LogP contribution in [0.3, 0.4) is 0 Å². The zero-order chi connectivity index (χ0) is 46.3. The third kappa shape index (κ3) is 13.9. The zero-order valence-electron chi connectivity index (χ0n) is 34.5. The first-order valence-electron chi connectivity index (χ1n) is 18.8. The zero-order valence-corrected chi connectivity index (χ0v) is 35.3. The molecule has 0 radical (unpaired) electrons. The molecule has 5 heterocycles. The van der Waals surface area contributed by atoms with E-state index in [1.54, 1.807) is 12.5 Å². The summed E-state index contributed by atoms with van der Waals surface area (Å²) in [6, 6.07) is 8.84. The molecule has 338 valence electrons. The van der Waals surface area contributed by atoms with E-state index in [1.165, 1.54) is 98.4 Å². The smallest absolute Gasteiger partial charge is 0.302 e. The summed E-state index contributed by atoms with van der Waals surface area (Å²) in [5.74, 6) is -1.83. The number of sulfonamides is 1. The number of aliphatic hydroxyl groups is 1. The number of hydrogen-bond donors (Lipinski definition) is 4. The van der Waals surface area contributed by atoms with Crippen LogP contribution in [0.15, 0.2) is 97.6 Å². The van der Waals surface area contributed by atoms with Crippen molar-refractivity contribution in [3.8, 4) is 5.75 Å². The van der Waals surface area contributed by atoms with Crippen LogP contribution in [-0.2, 0) is 54.3 Å². The van der Waals surface area contributed by atoms with E-state index in [2.05, 4.69) is 49.8 Å². The predicted molar refractivity (Wildman–Crippen MR) is 222 cm³/mol. The first kappa shape index (κ1) is 47.3. The van der Waals surface area contributed by atoms with Crippen LogP contribution in [0, 0.1) is 17.6 Å². The van der Waals surface area contributed by atoms with Crippen LogP contribution in [0.4, 0.5) is 26.4 Å². The van der Waals surface area contributed by atoms with Gasteiger partial charge in [0.15, 0.2) is 11.4 Å². The van der Waals surface area contributed by atoms with Crippen molar-refractivity contribution in [2.24, 2.45) is 5.92 Å². The minimum absolute atomic E-state index is 0.0300. The normalized spacial score (nSPS) is 11.2. The number of methoxy groups -OCH3 is 1. The SMILES string of the molecule is CC(=O)OCC(CCn1cnc2cnc(N)nc21)COC(C)=O.COc1cnc(NS(=O)(=O)c2ccc(N)cc2)nc1.OC(Cn1cncn1)(Cn1cncn1)c1ccc(F)cc1F. The lowest BCUT2D eigenvalue weighted by atomic mass is 9.93. The number of nitrogens with two attached hydrogens (primary N) is 2. The number of esters is 2. The molecule has 6 N–H and O–H groups in total. The van der Waals surface area contributed by atoms with Crippen molar-refractivity contribution >= 4 is 50.7 Å². The van der Waals surface area contributed by atoms with E-state index >= 15 is 0 Å². The number of carbonyl (C=O) groups excluding carboxylic acids is 2. The van der Waals surface area contributed by atoms with Gasteiger partial charge < -0.3 is 35.4 Å². The Bertz CT molecular complexity index is 2640. The third-order valence-corrected chi connectivity index (χ3v) is 10.0. The summed E-state index contributed by atoms with van der Waals surface area (Å²) in [6.45, 7) is 3.47. The molecule has 23 nitrogen and oxygen atoms in total. The highest BCUT2D eigenvalue weighted by molar-refractivity contribution is 7.92. The quantitative estimate of drug-likeness (QED) is 0.0797. The topological polar surface area (TPSA) is 311 Å². The summed E-state index contributed by atoms with van der Waals surface area (Å²) in [4.78, 5) is 49.5. The second kappa shape index (κ2) is 21.9. The van der Waals surface area contributed by atoms with E-state index in [0.29, 0.717) is 35.6 Å². The van der Waals surface area contributed by atoms with Crippen LogP contribution in [0.5, 0.6) is 5.75 Å². The lowest BCUT2D eigenvalue weighted by molar-refractivity contribution is -0.146. The number of benzene rings is 2. The average Bonchev–Trinajstić information content (AvgIpc) is 4.05. The van der Waals surface area contributed by atoms with Crippen LogP contribution >= 0.6 is 0 Å². The van der Waals surface area contributed by atoms with E-state index in [9.17, 15) is 31.9 Å². The van der Waals surface area contributed by atoms with Crippen molar-refractivity contribution in [2.45, 2.75) is 50.4 Å². The number of nitrogen functional groups attached to an aromatic ring is 2. The minimum Gasteiger partial charge on any atom is -0.494 e. The molecule has 0 fully saturated rings. The van der Waals surface area contributed by atoms with E-state index in [-0.39, 0.29) is 66.5 Å². The van der Waals surface area contributed by atoms with Gasteiger partial charge in [0.05, 0.1) is 63.2 Å². The van der Waals surface area contributed by atoms with Gasteiger partial charge in [-0.1, -0.05) is 6.07 Å². The average molecular weight is 908 g/mol. The van der Waals surface area contributed by atoms with Gasteiger partial charge in [0.25, 0.3) is 10.0 Å². The summed E-state index contributed by atoms with van der Waals surface area (Å²) in [5.41, 5.74) is 11.1. The minimum atomic E-state index is -3.72. The van der Waals surface area contributed by atoms with Gasteiger partial charge in [-0.3, -0.25) is 9.59 Å². The highest BCUT2D eigenvalue weighted by atomic mass is 32.2. The van der Waals surface area contributed by atoms with Gasteiger partial charge in [-0.05, 0) is 36.8 Å². The number of nitrogens with one attached hydrogen (secondary N) is 1. The molecule has 5 aromatic heterocycles. The highest BCUT2D eigenvalue weighted by Crippen LogP contribution is 2.28. The molecule has 0 spiro atoms. The van der Waals surface area contributed by atoms with E-state index < -0.39 is 27.3 Å². The van der Waals surface area contributed by atoms with Crippen LogP contribution < -0.4 is 20.9 Å². The number of anilines is 3. The molecule has 0 aliphatic heterocycles. The Morgan fingerprint density at radius 1 is 0.859 bits per heavy atom. The molecule has 7 rings (SSSR count). The lowest BCUT2D eigenvalue weighted by Gasteiger charge is -2.28. The van der Waals surface area contributed by atoms with Crippen LogP contribution in [0.25, 0.3) is 11.2 Å². The molecule has 2 aromatic carbocycles. The summed E-state index contributed by atoms with van der Waals surface area (Å²) in [7, 11) is -2.25. The van der Waals surface area contributed by atoms with Gasteiger partial charge in [0, 0.05) is 43.6 Å². The summed E-state index contributed by atoms with van der Waals surface area (Å²) in [5, 5.41) is 18.8. The Labute approximate surface area is 363 Å². The molecule has 0 saturated carbocycles. The Balaban J connectivity index is 0.000000181. The predicted octanol–water partition coefficient (Wildman–Crippen LogP) is 2.15. The Morgan fingerprint density at radius 2 is 1.47 bits per heavy atom. The highest BCUT2D eigenvalue weighted by Gasteiger charge is 2.34. The van der Waals surface area contributed by atoms with Crippen molar-refractivity contribution in [1.82, 2.24) is 59.0 Å². The molecular weight excluding hydrogens is 865 g/mol. The maximum absolute atomic E-state index is 14.1. The summed E-state index contributed by atoms with van der Waals surface area (Å²) < 4.78 is 73.0. The molecule has 0 saturated heterocycles. The molecule has 0 aliphatic rings. The van der Waals surface area contributed by atoms with E-state index in [1.807, 2.05) is 4.57 Å². The molecule has 26 heteroatoms. The van der Waals surface area contributed by atoms with Crippen molar-refractivity contribution in [1.29, 1.82) is 0 Å². The molecule has 7 aromatic rings. The van der Waals surface area contributed by atoms with Gasteiger partial charge >= 0.3 is 11.9 Å². The maximum Gasteiger partial charge on any atom is 0.302 e. The number of aromatic nitrogens is 12. The number of nitrogens with zero attached hydrogens (tertiary/aromatic N) is 12. The van der Waals surface area contributed by atoms with Crippen molar-refractivity contribution in [3.63, 3.8) is 0 Å². The number of aryl methyl sites for hydroxylation is 1. The molecule has 0 bridgehead atoms. The largest absolute Gasteiger partial charge is 0.494 e. The van der Waals surface area contributed by atoms with Crippen LogP contribution in [-0.4, -0.2) is 105 Å². The summed E-state index contributed by atoms with van der Waals surface area (Å²) >= 11 is 0. The fourth-order valence-electron chi connectivity index (χ4n) is 5.59. The molecule has 64 heavy (non-hydrogen) atoms. The number of halogens is 2. The lowest BCUT2D eigenvalue weighted by Crippen LogP contribution is -2.37. The molecule has 0 atom stereocenters. The summed E-state index contributed by atoms with van der Waals surface area (Å²) in [6.07, 6.45) is 12.0. The second-order valence-electron chi connectivity index (χ2n) is 13.6. The molecule has 0 amide bonds. The Kier molecular flexibility index (Phi) is 16.2. The number of fused-ring (bicyclic) bond motifs is 1. The van der Waals surface area contributed by atoms with Crippen molar-refractivity contribution < 1.29 is 46.1 Å². The monoisotopic (exact) mass is 907 g/mol.